The topological polar surface area (TPSA) is 54.9 Å². The van der Waals surface area contributed by atoms with Gasteiger partial charge in [-0.2, -0.15) is 0 Å². The lowest BCUT2D eigenvalue weighted by molar-refractivity contribution is 0.117. The van der Waals surface area contributed by atoms with E-state index in [1.807, 2.05) is 24.3 Å². The van der Waals surface area contributed by atoms with Crippen molar-refractivity contribution in [2.45, 2.75) is 25.9 Å². The van der Waals surface area contributed by atoms with Crippen LogP contribution in [0, 0.1) is 0 Å². The number of hydrogen-bond acceptors (Lipinski definition) is 3. The first-order valence-electron chi connectivity index (χ1n) is 7.80. The Labute approximate surface area is 140 Å². The smallest absolute Gasteiger partial charge is 0.191 e. The van der Waals surface area contributed by atoms with E-state index < -0.39 is 0 Å². The summed E-state index contributed by atoms with van der Waals surface area (Å²) in [4.78, 5) is 4.56. The van der Waals surface area contributed by atoms with Crippen molar-refractivity contribution in [1.82, 2.24) is 10.6 Å². The minimum Gasteiger partial charge on any atom is -0.492 e. The maximum atomic E-state index is 5.69. The minimum atomic E-state index is 0.272. The van der Waals surface area contributed by atoms with Crippen LogP contribution in [0.5, 0.6) is 5.75 Å². The van der Waals surface area contributed by atoms with Gasteiger partial charge in [-0.3, -0.25) is 4.99 Å². The number of aliphatic imine (C=N–C) groups is 1. The molecule has 2 rings (SSSR count). The fourth-order valence-electron chi connectivity index (χ4n) is 2.22. The Balaban J connectivity index is 1.70. The molecular formula is C16H24BrN3O2. The molecule has 1 fully saturated rings. The van der Waals surface area contributed by atoms with Crippen LogP contribution in [0.2, 0.25) is 0 Å². The molecule has 0 aromatic heterocycles. The van der Waals surface area contributed by atoms with Gasteiger partial charge in [-0.1, -0.05) is 22.0 Å². The van der Waals surface area contributed by atoms with E-state index in [0.29, 0.717) is 19.7 Å². The second kappa shape index (κ2) is 9.69. The average Bonchev–Trinajstić information content (AvgIpc) is 3.02. The summed E-state index contributed by atoms with van der Waals surface area (Å²) in [6.45, 7) is 5.75. The van der Waals surface area contributed by atoms with Crippen LogP contribution >= 0.6 is 15.9 Å². The number of nitrogens with zero attached hydrogens (tertiary/aromatic N) is 1. The fourth-order valence-corrected chi connectivity index (χ4v) is 2.60. The number of hydrogen-bond donors (Lipinski definition) is 2. The van der Waals surface area contributed by atoms with Gasteiger partial charge in [0.1, 0.15) is 12.4 Å². The normalized spacial score (nSPS) is 18.3. The molecule has 0 amide bonds. The number of benzene rings is 1. The van der Waals surface area contributed by atoms with Gasteiger partial charge in [0.2, 0.25) is 0 Å². The third-order valence-corrected chi connectivity index (χ3v) is 3.77. The quantitative estimate of drug-likeness (QED) is 0.440. The van der Waals surface area contributed by atoms with Gasteiger partial charge in [-0.15, -0.1) is 0 Å². The molecule has 0 bridgehead atoms. The van der Waals surface area contributed by atoms with Crippen LogP contribution in [0.4, 0.5) is 0 Å². The molecule has 1 heterocycles. The molecule has 0 saturated carbocycles. The molecule has 122 valence electrons. The Hall–Kier alpha value is -1.27. The highest BCUT2D eigenvalue weighted by Crippen LogP contribution is 2.17. The largest absolute Gasteiger partial charge is 0.492 e. The van der Waals surface area contributed by atoms with Crippen molar-refractivity contribution in [1.29, 1.82) is 0 Å². The third-order valence-electron chi connectivity index (χ3n) is 3.28. The van der Waals surface area contributed by atoms with E-state index in [4.69, 9.17) is 9.47 Å². The van der Waals surface area contributed by atoms with Gasteiger partial charge < -0.3 is 20.1 Å². The molecule has 0 aliphatic carbocycles. The molecule has 6 heteroatoms. The first-order valence-corrected chi connectivity index (χ1v) is 8.59. The summed E-state index contributed by atoms with van der Waals surface area (Å²) in [5.74, 6) is 1.67. The van der Waals surface area contributed by atoms with Crippen molar-refractivity contribution in [2.75, 3.05) is 32.8 Å². The Morgan fingerprint density at radius 2 is 2.36 bits per heavy atom. The van der Waals surface area contributed by atoms with E-state index in [1.165, 1.54) is 0 Å². The molecule has 22 heavy (non-hydrogen) atoms. The molecule has 1 aliphatic rings. The van der Waals surface area contributed by atoms with E-state index in [1.54, 1.807) is 0 Å². The second-order valence-electron chi connectivity index (χ2n) is 5.09. The highest BCUT2D eigenvalue weighted by molar-refractivity contribution is 9.10. The van der Waals surface area contributed by atoms with Gasteiger partial charge in [0, 0.05) is 17.6 Å². The summed E-state index contributed by atoms with van der Waals surface area (Å²) < 4.78 is 12.3. The zero-order valence-electron chi connectivity index (χ0n) is 13.0. The number of ether oxygens (including phenoxy) is 2. The standard InChI is InChI=1S/C16H24BrN3O2/c1-2-18-16(20-12-15-7-4-9-21-15)19-8-10-22-14-6-3-5-13(17)11-14/h3,5-6,11,15H,2,4,7-10,12H2,1H3,(H2,18,19,20). The maximum absolute atomic E-state index is 5.69. The lowest BCUT2D eigenvalue weighted by Gasteiger charge is -2.13. The lowest BCUT2D eigenvalue weighted by Crippen LogP contribution is -2.39. The summed E-state index contributed by atoms with van der Waals surface area (Å²) in [6, 6.07) is 7.84. The molecule has 2 N–H and O–H groups in total. The van der Waals surface area contributed by atoms with Crippen LogP contribution in [-0.4, -0.2) is 44.9 Å². The number of nitrogens with one attached hydrogen (secondary N) is 2. The number of guanidine groups is 1. The molecule has 5 nitrogen and oxygen atoms in total. The van der Waals surface area contributed by atoms with Gasteiger partial charge in [-0.25, -0.2) is 0 Å². The van der Waals surface area contributed by atoms with Crippen LogP contribution in [0.15, 0.2) is 33.7 Å². The van der Waals surface area contributed by atoms with Crippen molar-refractivity contribution >= 4 is 21.9 Å². The van der Waals surface area contributed by atoms with Crippen molar-refractivity contribution < 1.29 is 9.47 Å². The van der Waals surface area contributed by atoms with E-state index in [-0.39, 0.29) is 6.10 Å². The van der Waals surface area contributed by atoms with Crippen LogP contribution in [0.25, 0.3) is 0 Å². The van der Waals surface area contributed by atoms with E-state index >= 15 is 0 Å². The lowest BCUT2D eigenvalue weighted by atomic mass is 10.2. The van der Waals surface area contributed by atoms with Crippen LogP contribution in [0.3, 0.4) is 0 Å². The van der Waals surface area contributed by atoms with Crippen molar-refractivity contribution in [3.8, 4) is 5.75 Å². The maximum Gasteiger partial charge on any atom is 0.191 e. The van der Waals surface area contributed by atoms with Gasteiger partial charge in [0.15, 0.2) is 5.96 Å². The van der Waals surface area contributed by atoms with E-state index in [0.717, 1.165) is 42.2 Å². The predicted molar refractivity (Wildman–Crippen MR) is 92.6 cm³/mol. The monoisotopic (exact) mass is 369 g/mol. The Morgan fingerprint density at radius 1 is 1.45 bits per heavy atom. The summed E-state index contributed by atoms with van der Waals surface area (Å²) in [5, 5.41) is 6.51. The Bertz CT molecular complexity index is 476. The molecule has 1 saturated heterocycles. The molecule has 0 radical (unpaired) electrons. The third kappa shape index (κ3) is 6.23. The van der Waals surface area contributed by atoms with E-state index in [2.05, 4.69) is 38.5 Å². The molecule has 1 unspecified atom stereocenters. The first kappa shape index (κ1) is 17.1. The summed E-state index contributed by atoms with van der Waals surface area (Å²) in [7, 11) is 0. The zero-order valence-corrected chi connectivity index (χ0v) is 14.6. The summed E-state index contributed by atoms with van der Waals surface area (Å²) >= 11 is 3.43. The summed E-state index contributed by atoms with van der Waals surface area (Å²) in [6.07, 6.45) is 2.52. The predicted octanol–water partition coefficient (Wildman–Crippen LogP) is 2.56. The average molecular weight is 370 g/mol. The van der Waals surface area contributed by atoms with Crippen LogP contribution in [-0.2, 0) is 4.74 Å². The Morgan fingerprint density at radius 3 is 3.09 bits per heavy atom. The molecule has 1 aromatic carbocycles. The molecule has 1 aliphatic heterocycles. The molecule has 1 atom stereocenters. The van der Waals surface area contributed by atoms with Crippen LogP contribution in [0.1, 0.15) is 19.8 Å². The first-order chi connectivity index (χ1) is 10.8. The zero-order chi connectivity index (χ0) is 15.6. The van der Waals surface area contributed by atoms with E-state index in [9.17, 15) is 0 Å². The molecule has 0 spiro atoms. The fraction of sp³-hybridized carbons (Fsp3) is 0.562. The SMILES string of the molecule is CCNC(=NCC1CCCO1)NCCOc1cccc(Br)c1. The van der Waals surface area contributed by atoms with Crippen molar-refractivity contribution in [3.05, 3.63) is 28.7 Å². The molecular weight excluding hydrogens is 346 g/mol. The summed E-state index contributed by atoms with van der Waals surface area (Å²) in [5.41, 5.74) is 0. The number of rotatable bonds is 7. The van der Waals surface area contributed by atoms with Crippen molar-refractivity contribution in [2.24, 2.45) is 4.99 Å². The van der Waals surface area contributed by atoms with Crippen LogP contribution < -0.4 is 15.4 Å². The molecule has 1 aromatic rings. The second-order valence-corrected chi connectivity index (χ2v) is 6.00. The number of halogens is 1. The van der Waals surface area contributed by atoms with Gasteiger partial charge in [-0.05, 0) is 38.0 Å². The van der Waals surface area contributed by atoms with Gasteiger partial charge in [0.05, 0.1) is 19.2 Å². The highest BCUT2D eigenvalue weighted by Gasteiger charge is 2.14. The van der Waals surface area contributed by atoms with Gasteiger partial charge in [0.25, 0.3) is 0 Å². The Kier molecular flexibility index (Phi) is 7.53. The highest BCUT2D eigenvalue weighted by atomic mass is 79.9. The van der Waals surface area contributed by atoms with Crippen molar-refractivity contribution in [3.63, 3.8) is 0 Å². The minimum absolute atomic E-state index is 0.272. The van der Waals surface area contributed by atoms with Gasteiger partial charge >= 0.3 is 0 Å².